The van der Waals surface area contributed by atoms with Gasteiger partial charge < -0.3 is 0 Å². The van der Waals surface area contributed by atoms with Crippen LogP contribution in [-0.2, 0) is 9.59 Å². The van der Waals surface area contributed by atoms with Crippen molar-refractivity contribution in [3.8, 4) is 0 Å². The van der Waals surface area contributed by atoms with Crippen molar-refractivity contribution in [3.63, 3.8) is 0 Å². The molecule has 0 bridgehead atoms. The van der Waals surface area contributed by atoms with Gasteiger partial charge in [0.1, 0.15) is 5.57 Å². The molecule has 4 nitrogen and oxygen atoms in total. The first-order valence-corrected chi connectivity index (χ1v) is 11.4. The second kappa shape index (κ2) is 9.10. The van der Waals surface area contributed by atoms with Crippen LogP contribution in [0.1, 0.15) is 22.3 Å². The van der Waals surface area contributed by atoms with Gasteiger partial charge in [0, 0.05) is 9.79 Å². The summed E-state index contributed by atoms with van der Waals surface area (Å²) in [7, 11) is 0. The van der Waals surface area contributed by atoms with E-state index >= 15 is 0 Å². The largest absolute Gasteiger partial charge is 0.298 e. The third-order valence-electron chi connectivity index (χ3n) is 5.14. The molecule has 3 aromatic rings. The Balaban J connectivity index is 1.59. The molecule has 0 atom stereocenters. The molecule has 4 rings (SSSR count). The minimum atomic E-state index is -0.487. The number of hydrogen-bond acceptors (Lipinski definition) is 4. The van der Waals surface area contributed by atoms with E-state index in [1.54, 1.807) is 17.8 Å². The summed E-state index contributed by atoms with van der Waals surface area (Å²) < 4.78 is 0. The summed E-state index contributed by atoms with van der Waals surface area (Å²) in [6.45, 7) is 5.97. The van der Waals surface area contributed by atoms with E-state index in [2.05, 4.69) is 36.5 Å². The van der Waals surface area contributed by atoms with Gasteiger partial charge in [-0.25, -0.2) is 0 Å². The Kier molecular flexibility index (Phi) is 6.26. The molecular formula is C26H22N2O2S2. The molecule has 160 valence electrons. The highest BCUT2D eigenvalue weighted by Crippen LogP contribution is 2.29. The van der Waals surface area contributed by atoms with Gasteiger partial charge in [-0.2, -0.15) is 0 Å². The van der Waals surface area contributed by atoms with Crippen LogP contribution in [-0.4, -0.2) is 16.9 Å². The van der Waals surface area contributed by atoms with Crippen molar-refractivity contribution in [3.05, 3.63) is 94.6 Å². The third-order valence-corrected chi connectivity index (χ3v) is 6.44. The van der Waals surface area contributed by atoms with E-state index in [1.165, 1.54) is 10.5 Å². The normalized spacial score (nSPS) is 15.3. The molecule has 6 heteroatoms. The third kappa shape index (κ3) is 4.66. The Bertz CT molecular complexity index is 1250. The second-order valence-electron chi connectivity index (χ2n) is 7.73. The van der Waals surface area contributed by atoms with Crippen LogP contribution in [0.15, 0.2) is 82.1 Å². The Morgan fingerprint density at radius 3 is 2.06 bits per heavy atom. The number of anilines is 1. The van der Waals surface area contributed by atoms with Crippen LogP contribution in [0.4, 0.5) is 5.69 Å². The summed E-state index contributed by atoms with van der Waals surface area (Å²) in [6, 6.07) is 21.9. The topological polar surface area (TPSA) is 49.4 Å². The van der Waals surface area contributed by atoms with E-state index in [0.29, 0.717) is 5.69 Å². The zero-order valence-corrected chi connectivity index (χ0v) is 19.6. The number of rotatable bonds is 4. The molecule has 1 saturated heterocycles. The zero-order chi connectivity index (χ0) is 22.8. The Labute approximate surface area is 197 Å². The van der Waals surface area contributed by atoms with Crippen molar-refractivity contribution in [1.82, 2.24) is 5.32 Å². The number of hydrogen-bond donors (Lipinski definition) is 1. The molecule has 1 aliphatic heterocycles. The molecule has 1 N–H and O–H groups in total. The molecule has 1 fully saturated rings. The highest BCUT2D eigenvalue weighted by molar-refractivity contribution is 7.99. The first-order chi connectivity index (χ1) is 15.3. The van der Waals surface area contributed by atoms with Gasteiger partial charge in [0.15, 0.2) is 5.11 Å². The molecule has 0 aliphatic carbocycles. The molecule has 1 aliphatic rings. The van der Waals surface area contributed by atoms with Crippen molar-refractivity contribution < 1.29 is 9.59 Å². The number of aryl methyl sites for hydroxylation is 3. The van der Waals surface area contributed by atoms with Gasteiger partial charge in [0.25, 0.3) is 11.8 Å². The maximum atomic E-state index is 13.2. The number of benzene rings is 3. The smallest absolute Gasteiger partial charge is 0.270 e. The summed E-state index contributed by atoms with van der Waals surface area (Å²) in [5.74, 6) is -0.914. The van der Waals surface area contributed by atoms with Crippen LogP contribution < -0.4 is 10.2 Å². The van der Waals surface area contributed by atoms with Crippen LogP contribution in [0.25, 0.3) is 6.08 Å². The van der Waals surface area contributed by atoms with E-state index in [9.17, 15) is 9.59 Å². The quantitative estimate of drug-likeness (QED) is 0.314. The summed E-state index contributed by atoms with van der Waals surface area (Å²) in [4.78, 5) is 29.4. The molecular weight excluding hydrogens is 436 g/mol. The maximum absolute atomic E-state index is 13.2. The number of carbonyl (C=O) groups is 2. The van der Waals surface area contributed by atoms with Gasteiger partial charge >= 0.3 is 0 Å². The van der Waals surface area contributed by atoms with E-state index in [-0.39, 0.29) is 10.7 Å². The molecule has 0 radical (unpaired) electrons. The molecule has 0 aromatic heterocycles. The molecule has 3 aromatic carbocycles. The lowest BCUT2D eigenvalue weighted by atomic mass is 10.0. The number of carbonyl (C=O) groups excluding carboxylic acids is 2. The number of thiocarbonyl (C=S) groups is 1. The molecule has 32 heavy (non-hydrogen) atoms. The van der Waals surface area contributed by atoms with Gasteiger partial charge in [-0.15, -0.1) is 0 Å². The van der Waals surface area contributed by atoms with E-state index in [1.807, 2.05) is 56.3 Å². The fraction of sp³-hybridized carbons (Fsp3) is 0.115. The van der Waals surface area contributed by atoms with Gasteiger partial charge in [0.05, 0.1) is 5.69 Å². The predicted octanol–water partition coefficient (Wildman–Crippen LogP) is 5.59. The fourth-order valence-electron chi connectivity index (χ4n) is 3.47. The van der Waals surface area contributed by atoms with Crippen molar-refractivity contribution in [2.75, 3.05) is 4.90 Å². The second-order valence-corrected chi connectivity index (χ2v) is 9.27. The van der Waals surface area contributed by atoms with Crippen molar-refractivity contribution in [1.29, 1.82) is 0 Å². The number of nitrogens with one attached hydrogen (secondary N) is 1. The highest BCUT2D eigenvalue weighted by Gasteiger charge is 2.35. The summed E-state index contributed by atoms with van der Waals surface area (Å²) >= 11 is 6.96. The Hall–Kier alpha value is -3.22. The summed E-state index contributed by atoms with van der Waals surface area (Å²) in [5, 5.41) is 2.74. The van der Waals surface area contributed by atoms with Crippen molar-refractivity contribution in [2.24, 2.45) is 0 Å². The summed E-state index contributed by atoms with van der Waals surface area (Å²) in [5.41, 5.74) is 4.71. The molecule has 0 saturated carbocycles. The average Bonchev–Trinajstić information content (AvgIpc) is 2.75. The lowest BCUT2D eigenvalue weighted by Gasteiger charge is -2.30. The van der Waals surface area contributed by atoms with Gasteiger partial charge in [0.2, 0.25) is 0 Å². The fourth-order valence-corrected chi connectivity index (χ4v) is 4.56. The Morgan fingerprint density at radius 1 is 0.844 bits per heavy atom. The maximum Gasteiger partial charge on any atom is 0.270 e. The SMILES string of the molecule is Cc1ccc(Sc2ccc(/C=C3\C(=O)NC(=S)N(c4ccc(C)cc4C)C3=O)cc2)cc1. The molecule has 0 unspecified atom stereocenters. The van der Waals surface area contributed by atoms with Crippen molar-refractivity contribution >= 4 is 52.7 Å². The number of amides is 2. The van der Waals surface area contributed by atoms with Gasteiger partial charge in [-0.1, -0.05) is 59.3 Å². The predicted molar refractivity (Wildman–Crippen MR) is 134 cm³/mol. The van der Waals surface area contributed by atoms with E-state index in [4.69, 9.17) is 12.2 Å². The zero-order valence-electron chi connectivity index (χ0n) is 18.0. The lowest BCUT2D eigenvalue weighted by molar-refractivity contribution is -0.122. The van der Waals surface area contributed by atoms with Gasteiger partial charge in [-0.05, 0) is 80.5 Å². The molecule has 1 heterocycles. The number of nitrogens with zero attached hydrogens (tertiary/aromatic N) is 1. The summed E-state index contributed by atoms with van der Waals surface area (Å²) in [6.07, 6.45) is 1.61. The van der Waals surface area contributed by atoms with Gasteiger partial charge in [-0.3, -0.25) is 19.8 Å². The standard InChI is InChI=1S/C26H22N2O2S2/c1-16-4-9-20(10-5-16)32-21-11-7-19(8-12-21)15-22-24(29)27-26(31)28(25(22)30)23-13-6-17(2)14-18(23)3/h4-15H,1-3H3,(H,27,29,31)/b22-15+. The highest BCUT2D eigenvalue weighted by atomic mass is 32.2. The minimum Gasteiger partial charge on any atom is -0.298 e. The molecule has 0 spiro atoms. The van der Waals surface area contributed by atoms with Crippen LogP contribution >= 0.6 is 24.0 Å². The average molecular weight is 459 g/mol. The molecule has 2 amide bonds. The first-order valence-electron chi connectivity index (χ1n) is 10.1. The van der Waals surface area contributed by atoms with Crippen LogP contribution in [0.3, 0.4) is 0 Å². The van der Waals surface area contributed by atoms with Crippen LogP contribution in [0.2, 0.25) is 0 Å². The minimum absolute atomic E-state index is 0.0533. The van der Waals surface area contributed by atoms with Crippen LogP contribution in [0.5, 0.6) is 0 Å². The first kappa shape index (κ1) is 22.0. The lowest BCUT2D eigenvalue weighted by Crippen LogP contribution is -2.54. The van der Waals surface area contributed by atoms with E-state index in [0.717, 1.165) is 26.5 Å². The van der Waals surface area contributed by atoms with Crippen LogP contribution in [0, 0.1) is 20.8 Å². The monoisotopic (exact) mass is 458 g/mol. The van der Waals surface area contributed by atoms with Crippen molar-refractivity contribution in [2.45, 2.75) is 30.6 Å². The van der Waals surface area contributed by atoms with E-state index < -0.39 is 11.8 Å². The Morgan fingerprint density at radius 2 is 1.44 bits per heavy atom.